The van der Waals surface area contributed by atoms with Gasteiger partial charge in [-0.3, -0.25) is 4.79 Å². The molecule has 0 aliphatic carbocycles. The number of rotatable bonds is 9. The standard InChI is InChI=1S/C22H29O2P.Li/c1-5-6-7-8-14-24-19-12-13-20(18(4)15-19)25-22(23)21-16(2)10-9-11-17(21)3;/h9-13,15,25H,5-8,14H2,1-4H3;. The monoisotopic (exact) mass is 363 g/mol. The van der Waals surface area contributed by atoms with E-state index in [0.717, 1.165) is 46.3 Å². The van der Waals surface area contributed by atoms with Crippen molar-refractivity contribution in [1.82, 2.24) is 0 Å². The number of hydrogen-bond donors (Lipinski definition) is 0. The SMILES string of the molecule is CCCCCCOc1ccc(PC(=O)c2c(C)cccc2C)c(C)c1.[Li]. The molecule has 2 nitrogen and oxygen atoms in total. The van der Waals surface area contributed by atoms with Crippen LogP contribution in [0.15, 0.2) is 36.4 Å². The van der Waals surface area contributed by atoms with Crippen LogP contribution in [0.3, 0.4) is 0 Å². The number of carbonyl (C=O) groups is 1. The molecule has 0 aliphatic heterocycles. The molecule has 1 atom stereocenters. The second-order valence-corrected chi connectivity index (χ2v) is 7.85. The zero-order chi connectivity index (χ0) is 18.2. The summed E-state index contributed by atoms with van der Waals surface area (Å²) in [6, 6.07) is 12.1. The fourth-order valence-corrected chi connectivity index (χ4v) is 4.14. The van der Waals surface area contributed by atoms with Crippen LogP contribution >= 0.6 is 8.58 Å². The van der Waals surface area contributed by atoms with Gasteiger partial charge in [0.25, 0.3) is 0 Å². The predicted octanol–water partition coefficient (Wildman–Crippen LogP) is 5.33. The largest absolute Gasteiger partial charge is 0.494 e. The van der Waals surface area contributed by atoms with Gasteiger partial charge in [0.05, 0.1) is 6.61 Å². The molecule has 135 valence electrons. The van der Waals surface area contributed by atoms with Crippen molar-refractivity contribution in [3.05, 3.63) is 58.7 Å². The molecule has 26 heavy (non-hydrogen) atoms. The van der Waals surface area contributed by atoms with Gasteiger partial charge in [-0.15, -0.1) is 0 Å². The van der Waals surface area contributed by atoms with Crippen molar-refractivity contribution in [3.8, 4) is 5.75 Å². The second kappa shape index (κ2) is 11.6. The van der Waals surface area contributed by atoms with E-state index in [4.69, 9.17) is 4.74 Å². The Labute approximate surface area is 172 Å². The molecular weight excluding hydrogens is 334 g/mol. The smallest absolute Gasteiger partial charge is 0.186 e. The van der Waals surface area contributed by atoms with Crippen molar-refractivity contribution in [2.45, 2.75) is 53.4 Å². The third-order valence-corrected chi connectivity index (χ3v) is 5.73. The molecule has 0 amide bonds. The number of carbonyl (C=O) groups excluding carboxylic acids is 1. The first-order valence-corrected chi connectivity index (χ1v) is 10.1. The zero-order valence-electron chi connectivity index (χ0n) is 16.8. The third-order valence-electron chi connectivity index (χ3n) is 4.42. The van der Waals surface area contributed by atoms with Gasteiger partial charge in [0.15, 0.2) is 5.52 Å². The van der Waals surface area contributed by atoms with Crippen molar-refractivity contribution >= 4 is 38.3 Å². The maximum absolute atomic E-state index is 12.7. The number of unbranched alkanes of at least 4 members (excludes halogenated alkanes) is 3. The quantitative estimate of drug-likeness (QED) is 0.342. The number of hydrogen-bond acceptors (Lipinski definition) is 2. The summed E-state index contributed by atoms with van der Waals surface area (Å²) in [6.45, 7) is 9.05. The Balaban J connectivity index is 0.00000338. The van der Waals surface area contributed by atoms with Crippen LogP contribution in [0, 0.1) is 20.8 Å². The van der Waals surface area contributed by atoms with Gasteiger partial charge < -0.3 is 4.74 Å². The summed E-state index contributed by atoms with van der Waals surface area (Å²) in [5.41, 5.74) is 4.33. The minimum Gasteiger partial charge on any atom is -0.494 e. The number of benzene rings is 2. The topological polar surface area (TPSA) is 26.3 Å². The minimum absolute atomic E-state index is 0. The second-order valence-electron chi connectivity index (χ2n) is 6.61. The fourth-order valence-electron chi connectivity index (χ4n) is 2.94. The van der Waals surface area contributed by atoms with Crippen molar-refractivity contribution in [1.29, 1.82) is 0 Å². The first kappa shape index (κ1) is 23.0. The van der Waals surface area contributed by atoms with Gasteiger partial charge in [-0.1, -0.05) is 50.5 Å². The average Bonchev–Trinajstić information content (AvgIpc) is 2.57. The van der Waals surface area contributed by atoms with Crippen LogP contribution in [0.1, 0.15) is 59.7 Å². The maximum atomic E-state index is 12.7. The van der Waals surface area contributed by atoms with Gasteiger partial charge in [-0.2, -0.15) is 0 Å². The van der Waals surface area contributed by atoms with Crippen molar-refractivity contribution in [2.24, 2.45) is 0 Å². The molecule has 2 rings (SSSR count). The average molecular weight is 363 g/mol. The molecule has 1 radical (unpaired) electrons. The predicted molar refractivity (Wildman–Crippen MR) is 115 cm³/mol. The van der Waals surface area contributed by atoms with Crippen LogP contribution in [0.4, 0.5) is 0 Å². The third kappa shape index (κ3) is 6.59. The zero-order valence-corrected chi connectivity index (χ0v) is 17.8. The summed E-state index contributed by atoms with van der Waals surface area (Å²) in [6.07, 6.45) is 4.83. The summed E-state index contributed by atoms with van der Waals surface area (Å²) in [5.74, 6) is 0.905. The molecule has 0 N–H and O–H groups in total. The van der Waals surface area contributed by atoms with E-state index in [1.165, 1.54) is 19.3 Å². The van der Waals surface area contributed by atoms with E-state index in [9.17, 15) is 4.79 Å². The maximum Gasteiger partial charge on any atom is 0.186 e. The normalized spacial score (nSPS) is 10.8. The van der Waals surface area contributed by atoms with Gasteiger partial charge in [0, 0.05) is 24.4 Å². The van der Waals surface area contributed by atoms with Crippen molar-refractivity contribution in [2.75, 3.05) is 6.61 Å². The Morgan fingerprint density at radius 3 is 2.27 bits per heavy atom. The molecule has 0 fully saturated rings. The summed E-state index contributed by atoms with van der Waals surface area (Å²) >= 11 is 0. The summed E-state index contributed by atoms with van der Waals surface area (Å²) < 4.78 is 5.83. The van der Waals surface area contributed by atoms with E-state index in [1.807, 2.05) is 44.2 Å². The molecule has 0 aromatic heterocycles. The Bertz CT molecular complexity index is 708. The fraction of sp³-hybridized carbons (Fsp3) is 0.409. The molecule has 2 aromatic rings. The first-order valence-electron chi connectivity index (χ1n) is 9.14. The summed E-state index contributed by atoms with van der Waals surface area (Å²) in [7, 11) is 0.151. The van der Waals surface area contributed by atoms with E-state index in [1.54, 1.807) is 0 Å². The molecule has 0 heterocycles. The molecule has 0 saturated heterocycles. The van der Waals surface area contributed by atoms with E-state index in [0.29, 0.717) is 0 Å². The van der Waals surface area contributed by atoms with E-state index >= 15 is 0 Å². The Hall–Kier alpha value is -1.06. The Morgan fingerprint density at radius 2 is 1.65 bits per heavy atom. The first-order chi connectivity index (χ1) is 12.0. The number of ether oxygens (including phenoxy) is 1. The molecule has 0 aliphatic rings. The van der Waals surface area contributed by atoms with Gasteiger partial charge in [-0.25, -0.2) is 0 Å². The summed E-state index contributed by atoms with van der Waals surface area (Å²) in [5, 5.41) is 1.10. The molecule has 0 bridgehead atoms. The van der Waals surface area contributed by atoms with Gasteiger partial charge in [-0.05, 0) is 69.9 Å². The van der Waals surface area contributed by atoms with Gasteiger partial charge in [0.1, 0.15) is 5.75 Å². The molecule has 4 heteroatoms. The van der Waals surface area contributed by atoms with Crippen LogP contribution < -0.4 is 10.0 Å². The molecule has 1 unspecified atom stereocenters. The summed E-state index contributed by atoms with van der Waals surface area (Å²) in [4.78, 5) is 12.7. The van der Waals surface area contributed by atoms with Crippen LogP contribution in [-0.2, 0) is 0 Å². The van der Waals surface area contributed by atoms with Crippen molar-refractivity contribution in [3.63, 3.8) is 0 Å². The molecule has 0 saturated carbocycles. The van der Waals surface area contributed by atoms with Gasteiger partial charge in [0.2, 0.25) is 0 Å². The van der Waals surface area contributed by atoms with Gasteiger partial charge >= 0.3 is 0 Å². The van der Waals surface area contributed by atoms with Crippen LogP contribution in [0.5, 0.6) is 5.75 Å². The Kier molecular flexibility index (Phi) is 10.3. The van der Waals surface area contributed by atoms with E-state index in [-0.39, 0.29) is 33.0 Å². The molecular formula is C22H29LiO2P. The molecule has 0 spiro atoms. The van der Waals surface area contributed by atoms with Crippen LogP contribution in [0.2, 0.25) is 0 Å². The Morgan fingerprint density at radius 1 is 0.962 bits per heavy atom. The van der Waals surface area contributed by atoms with E-state index < -0.39 is 0 Å². The van der Waals surface area contributed by atoms with Crippen LogP contribution in [-0.4, -0.2) is 31.0 Å². The number of aryl methyl sites for hydroxylation is 3. The molecule has 2 aromatic carbocycles. The van der Waals surface area contributed by atoms with Crippen LogP contribution in [0.25, 0.3) is 0 Å². The van der Waals surface area contributed by atoms with Crippen molar-refractivity contribution < 1.29 is 9.53 Å². The van der Waals surface area contributed by atoms with E-state index in [2.05, 4.69) is 19.9 Å². The minimum atomic E-state index is 0.